The molecule has 0 aliphatic heterocycles. The van der Waals surface area contributed by atoms with Crippen molar-refractivity contribution in [2.75, 3.05) is 6.61 Å². The molecule has 0 aromatic carbocycles. The fourth-order valence-corrected chi connectivity index (χ4v) is 1.65. The van der Waals surface area contributed by atoms with Crippen molar-refractivity contribution in [2.24, 2.45) is 5.73 Å². The Morgan fingerprint density at radius 1 is 1.41 bits per heavy atom. The molecule has 0 saturated carbocycles. The maximum atomic E-state index is 11.8. The van der Waals surface area contributed by atoms with Crippen LogP contribution in [0.5, 0.6) is 0 Å². The summed E-state index contributed by atoms with van der Waals surface area (Å²) in [6, 6.07) is -1.12. The molecule has 10 heteroatoms. The van der Waals surface area contributed by atoms with Gasteiger partial charge in [0.1, 0.15) is 24.4 Å². The van der Waals surface area contributed by atoms with Crippen LogP contribution in [0, 0.1) is 0 Å². The van der Waals surface area contributed by atoms with Crippen LogP contribution in [0.1, 0.15) is 5.69 Å². The van der Waals surface area contributed by atoms with Gasteiger partial charge in [-0.15, -0.1) is 0 Å². The molecular weight excluding hydrogens is 298 g/mol. The normalized spacial score (nSPS) is 18.0. The highest BCUT2D eigenvalue weighted by Crippen LogP contribution is 2.09. The van der Waals surface area contributed by atoms with Crippen molar-refractivity contribution in [1.29, 1.82) is 0 Å². The molecule has 0 fully saturated rings. The Labute approximate surface area is 125 Å². The topological polar surface area (TPSA) is 179 Å². The van der Waals surface area contributed by atoms with Gasteiger partial charge in [-0.25, -0.2) is 4.98 Å². The lowest BCUT2D eigenvalue weighted by atomic mass is 10.0. The summed E-state index contributed by atoms with van der Waals surface area (Å²) in [5.41, 5.74) is 6.17. The molecule has 1 heterocycles. The van der Waals surface area contributed by atoms with Gasteiger partial charge in [0.2, 0.25) is 0 Å². The van der Waals surface area contributed by atoms with Gasteiger partial charge in [-0.2, -0.15) is 0 Å². The summed E-state index contributed by atoms with van der Waals surface area (Å²) in [7, 11) is 0. The third kappa shape index (κ3) is 4.86. The van der Waals surface area contributed by atoms with Crippen molar-refractivity contribution in [3.05, 3.63) is 18.2 Å². The number of aliphatic hydroxyl groups is 4. The number of imidazole rings is 1. The van der Waals surface area contributed by atoms with Crippen molar-refractivity contribution in [1.82, 2.24) is 9.97 Å². The molecule has 5 atom stereocenters. The Bertz CT molecular complexity index is 467. The van der Waals surface area contributed by atoms with Crippen LogP contribution >= 0.6 is 0 Å². The van der Waals surface area contributed by atoms with Gasteiger partial charge in [0.25, 0.3) is 0 Å². The minimum Gasteiger partial charge on any atom is -0.451 e. The average Bonchev–Trinajstić information content (AvgIpc) is 3.02. The molecule has 0 spiro atoms. The number of hydrogen-bond acceptors (Lipinski definition) is 9. The number of esters is 1. The highest BCUT2D eigenvalue weighted by molar-refractivity contribution is 5.78. The average molecular weight is 317 g/mol. The summed E-state index contributed by atoms with van der Waals surface area (Å²) in [6.45, 7) is -0.836. The first-order chi connectivity index (χ1) is 10.4. The number of aliphatic hydroxyl groups excluding tert-OH is 4. The lowest BCUT2D eigenvalue weighted by Gasteiger charge is -2.26. The summed E-state index contributed by atoms with van der Waals surface area (Å²) in [6.07, 6.45) is -4.15. The number of nitrogens with zero attached hydrogens (tertiary/aromatic N) is 1. The molecular formula is C12H19N3O7. The van der Waals surface area contributed by atoms with Crippen molar-refractivity contribution >= 4 is 12.3 Å². The van der Waals surface area contributed by atoms with Crippen LogP contribution < -0.4 is 5.73 Å². The van der Waals surface area contributed by atoms with Crippen LogP contribution in [0.3, 0.4) is 0 Å². The standard InChI is InChI=1S/C12H19N3O7/c13-7(1-6-2-14-5-15-6)12(21)22-9(4-17)11(20)10(19)8(18)3-16/h2,4-5,7-11,16,18-20H,1,3,13H2,(H,14,15)/t7-,8+,9-,10+,11+/m0/s1. The van der Waals surface area contributed by atoms with Gasteiger partial charge in [0, 0.05) is 18.3 Å². The molecule has 7 N–H and O–H groups in total. The second-order valence-electron chi connectivity index (χ2n) is 4.66. The van der Waals surface area contributed by atoms with Crippen molar-refractivity contribution in [3.63, 3.8) is 0 Å². The minimum atomic E-state index is -1.90. The van der Waals surface area contributed by atoms with Crippen LogP contribution in [0.2, 0.25) is 0 Å². The summed E-state index contributed by atoms with van der Waals surface area (Å²) in [5, 5.41) is 37.1. The Balaban J connectivity index is 2.60. The smallest absolute Gasteiger partial charge is 0.324 e. The summed E-state index contributed by atoms with van der Waals surface area (Å²) in [4.78, 5) is 29.1. The number of nitrogens with one attached hydrogen (secondary N) is 1. The Hall–Kier alpha value is -1.85. The maximum absolute atomic E-state index is 11.8. The van der Waals surface area contributed by atoms with Crippen LogP contribution in [-0.4, -0.2) is 79.7 Å². The van der Waals surface area contributed by atoms with Gasteiger partial charge >= 0.3 is 5.97 Å². The van der Waals surface area contributed by atoms with E-state index in [-0.39, 0.29) is 12.7 Å². The number of H-pyrrole nitrogens is 1. The number of aromatic amines is 1. The number of nitrogens with two attached hydrogens (primary N) is 1. The molecule has 0 radical (unpaired) electrons. The molecule has 0 aliphatic rings. The predicted octanol–water partition coefficient (Wildman–Crippen LogP) is -3.53. The first kappa shape index (κ1) is 18.2. The van der Waals surface area contributed by atoms with Crippen molar-refractivity contribution < 1.29 is 34.8 Å². The first-order valence-electron chi connectivity index (χ1n) is 6.44. The quantitative estimate of drug-likeness (QED) is 0.199. The summed E-state index contributed by atoms with van der Waals surface area (Å²) in [5.74, 6) is -0.976. The number of rotatable bonds is 9. The minimum absolute atomic E-state index is 0.0718. The number of aromatic nitrogens is 2. The maximum Gasteiger partial charge on any atom is 0.324 e. The van der Waals surface area contributed by atoms with Crippen molar-refractivity contribution in [3.8, 4) is 0 Å². The van der Waals surface area contributed by atoms with Gasteiger partial charge in [0.05, 0.1) is 12.9 Å². The Kier molecular flexibility index (Phi) is 7.08. The number of hydrogen-bond donors (Lipinski definition) is 6. The molecule has 1 aromatic rings. The van der Waals surface area contributed by atoms with E-state index < -0.39 is 43.0 Å². The molecule has 0 saturated heterocycles. The van der Waals surface area contributed by atoms with Gasteiger partial charge in [-0.05, 0) is 0 Å². The molecule has 0 aliphatic carbocycles. The highest BCUT2D eigenvalue weighted by Gasteiger charge is 2.34. The molecule has 1 rings (SSSR count). The summed E-state index contributed by atoms with van der Waals surface area (Å²) >= 11 is 0. The molecule has 1 aromatic heterocycles. The van der Waals surface area contributed by atoms with E-state index in [4.69, 9.17) is 15.6 Å². The molecule has 0 bridgehead atoms. The van der Waals surface area contributed by atoms with Crippen LogP contribution in [0.15, 0.2) is 12.5 Å². The third-order valence-corrected chi connectivity index (χ3v) is 2.95. The van der Waals surface area contributed by atoms with E-state index in [0.29, 0.717) is 5.69 Å². The fraction of sp³-hybridized carbons (Fsp3) is 0.583. The fourth-order valence-electron chi connectivity index (χ4n) is 1.65. The number of aldehydes is 1. The molecule has 10 nitrogen and oxygen atoms in total. The van der Waals surface area contributed by atoms with E-state index >= 15 is 0 Å². The van der Waals surface area contributed by atoms with Crippen LogP contribution in [0.4, 0.5) is 0 Å². The highest BCUT2D eigenvalue weighted by atomic mass is 16.6. The number of ether oxygens (including phenoxy) is 1. The lowest BCUT2D eigenvalue weighted by Crippen LogP contribution is -2.49. The number of carbonyl (C=O) groups is 2. The zero-order chi connectivity index (χ0) is 16.7. The molecule has 124 valence electrons. The molecule has 22 heavy (non-hydrogen) atoms. The predicted molar refractivity (Wildman–Crippen MR) is 71.3 cm³/mol. The Morgan fingerprint density at radius 2 is 2.09 bits per heavy atom. The van der Waals surface area contributed by atoms with E-state index in [0.717, 1.165) is 0 Å². The third-order valence-electron chi connectivity index (χ3n) is 2.95. The molecule has 0 amide bonds. The number of carbonyl (C=O) groups excluding carboxylic acids is 2. The molecule has 0 unspecified atom stereocenters. The van der Waals surface area contributed by atoms with Crippen molar-refractivity contribution in [2.45, 2.75) is 36.9 Å². The van der Waals surface area contributed by atoms with Crippen LogP contribution in [0.25, 0.3) is 0 Å². The van der Waals surface area contributed by atoms with Gasteiger partial charge in [0.15, 0.2) is 12.4 Å². The van der Waals surface area contributed by atoms with E-state index in [1.165, 1.54) is 12.5 Å². The first-order valence-corrected chi connectivity index (χ1v) is 6.44. The monoisotopic (exact) mass is 317 g/mol. The second-order valence-corrected chi connectivity index (χ2v) is 4.66. The van der Waals surface area contributed by atoms with Crippen LogP contribution in [-0.2, 0) is 20.7 Å². The lowest BCUT2D eigenvalue weighted by molar-refractivity contribution is -0.169. The zero-order valence-electron chi connectivity index (χ0n) is 11.6. The summed E-state index contributed by atoms with van der Waals surface area (Å²) < 4.78 is 4.72. The SMILES string of the molecule is N[C@@H](Cc1cnc[nH]1)C(=O)O[C@@H](C=O)[C@@H](O)[C@H](O)[C@H](O)CO. The second kappa shape index (κ2) is 8.56. The largest absolute Gasteiger partial charge is 0.451 e. The Morgan fingerprint density at radius 3 is 2.59 bits per heavy atom. The van der Waals surface area contributed by atoms with E-state index in [1.54, 1.807) is 0 Å². The van der Waals surface area contributed by atoms with Gasteiger partial charge in [-0.3, -0.25) is 9.59 Å². The van der Waals surface area contributed by atoms with Gasteiger partial charge in [-0.1, -0.05) is 0 Å². The zero-order valence-corrected chi connectivity index (χ0v) is 11.6. The van der Waals surface area contributed by atoms with E-state index in [2.05, 4.69) is 9.97 Å². The van der Waals surface area contributed by atoms with Gasteiger partial charge < -0.3 is 35.9 Å². The van der Waals surface area contributed by atoms with E-state index in [1.807, 2.05) is 0 Å². The van der Waals surface area contributed by atoms with E-state index in [9.17, 15) is 24.9 Å².